The van der Waals surface area contributed by atoms with Crippen LogP contribution in [0, 0.1) is 11.5 Å². The Morgan fingerprint density at radius 3 is 2.00 bits per heavy atom. The Labute approximate surface area is 182 Å². The van der Waals surface area contributed by atoms with Gasteiger partial charge in [0, 0.05) is 16.7 Å². The lowest BCUT2D eigenvalue weighted by Crippen LogP contribution is -2.43. The predicted octanol–water partition coefficient (Wildman–Crippen LogP) is 7.89. The summed E-state index contributed by atoms with van der Waals surface area (Å²) in [6.45, 7) is 14.0. The molecule has 0 N–H and O–H groups in total. The van der Waals surface area contributed by atoms with Crippen LogP contribution in [0.4, 0.5) is 0 Å². The van der Waals surface area contributed by atoms with Crippen LogP contribution in [0.5, 0.6) is 0 Å². The van der Waals surface area contributed by atoms with E-state index in [1.807, 2.05) is 24.3 Å². The first-order valence-corrected chi connectivity index (χ1v) is 13.2. The van der Waals surface area contributed by atoms with Crippen LogP contribution in [0.3, 0.4) is 0 Å². The van der Waals surface area contributed by atoms with Gasteiger partial charge in [0.15, 0.2) is 6.29 Å². The molecule has 2 heteroatoms. The van der Waals surface area contributed by atoms with E-state index in [0.29, 0.717) is 22.2 Å². The van der Waals surface area contributed by atoms with E-state index in [-0.39, 0.29) is 0 Å². The molecule has 0 unspecified atom stereocenters. The molecule has 0 spiro atoms. The van der Waals surface area contributed by atoms with Gasteiger partial charge in [0.25, 0.3) is 0 Å². The molecule has 30 heavy (non-hydrogen) atoms. The lowest BCUT2D eigenvalue weighted by molar-refractivity contribution is 0.112. The molecule has 0 saturated heterocycles. The smallest absolute Gasteiger partial charge is 0.150 e. The van der Waals surface area contributed by atoms with Crippen LogP contribution in [0.1, 0.15) is 57.5 Å². The van der Waals surface area contributed by atoms with E-state index in [9.17, 15) is 4.79 Å². The highest BCUT2D eigenvalue weighted by Gasteiger charge is 2.41. The maximum Gasteiger partial charge on any atom is 0.150 e. The average Bonchev–Trinajstić information content (AvgIpc) is 2.73. The van der Waals surface area contributed by atoms with Gasteiger partial charge < -0.3 is 0 Å². The van der Waals surface area contributed by atoms with Crippen molar-refractivity contribution in [3.05, 3.63) is 71.8 Å². The summed E-state index contributed by atoms with van der Waals surface area (Å²) in [6, 6.07) is 20.5. The fourth-order valence-electron chi connectivity index (χ4n) is 5.10. The van der Waals surface area contributed by atoms with Crippen LogP contribution in [-0.2, 0) is 0 Å². The second-order valence-corrected chi connectivity index (χ2v) is 14.6. The Kier molecular flexibility index (Phi) is 6.63. The average molecular weight is 413 g/mol. The van der Waals surface area contributed by atoms with E-state index < -0.39 is 8.07 Å². The fraction of sp³-hybridized carbons (Fsp3) is 0.321. The molecular formula is C28H32OSi. The van der Waals surface area contributed by atoms with Crippen molar-refractivity contribution < 1.29 is 4.79 Å². The molecule has 154 valence electrons. The van der Waals surface area contributed by atoms with Crippen LogP contribution in [-0.4, -0.2) is 14.4 Å². The summed E-state index contributed by atoms with van der Waals surface area (Å²) in [7, 11) is -1.85. The van der Waals surface area contributed by atoms with Crippen LogP contribution >= 0.6 is 0 Å². The van der Waals surface area contributed by atoms with E-state index in [1.165, 1.54) is 5.39 Å². The van der Waals surface area contributed by atoms with Gasteiger partial charge in [-0.05, 0) is 39.0 Å². The van der Waals surface area contributed by atoms with Crippen LogP contribution in [0.25, 0.3) is 21.9 Å². The molecule has 3 rings (SSSR count). The molecular weight excluding hydrogens is 380 g/mol. The second-order valence-electron chi connectivity index (χ2n) is 9.06. The van der Waals surface area contributed by atoms with E-state index >= 15 is 0 Å². The normalized spacial score (nSPS) is 11.8. The zero-order chi connectivity index (χ0) is 21.9. The molecule has 0 bridgehead atoms. The molecule has 0 aliphatic heterocycles. The van der Waals surface area contributed by atoms with Crippen molar-refractivity contribution in [3.63, 3.8) is 0 Å². The minimum Gasteiger partial charge on any atom is -0.298 e. The largest absolute Gasteiger partial charge is 0.298 e. The highest BCUT2D eigenvalue weighted by molar-refractivity contribution is 6.90. The van der Waals surface area contributed by atoms with Gasteiger partial charge in [0.1, 0.15) is 8.07 Å². The highest BCUT2D eigenvalue weighted by atomic mass is 28.3. The van der Waals surface area contributed by atoms with Crippen molar-refractivity contribution in [1.29, 1.82) is 0 Å². The van der Waals surface area contributed by atoms with Gasteiger partial charge in [-0.25, -0.2) is 0 Å². The molecule has 3 aromatic rings. The second kappa shape index (κ2) is 9.02. The molecule has 1 nitrogen and oxygen atoms in total. The van der Waals surface area contributed by atoms with Crippen molar-refractivity contribution in [2.75, 3.05) is 0 Å². The number of aldehydes is 1. The first-order chi connectivity index (χ1) is 14.3. The summed E-state index contributed by atoms with van der Waals surface area (Å²) in [5, 5.41) is 2.31. The quantitative estimate of drug-likeness (QED) is 0.236. The standard InChI is InChI=1S/C28H32OSi/c1-20(2)30(21(3)4,22(5)6)18-17-24-16-15-23-11-7-9-13-26(23)28(24)27-14-10-8-12-25(27)19-29/h7-16,19-22H,1-6H3. The Balaban J connectivity index is 2.34. The van der Waals surface area contributed by atoms with Gasteiger partial charge in [0.2, 0.25) is 0 Å². The Morgan fingerprint density at radius 1 is 0.767 bits per heavy atom. The van der Waals surface area contributed by atoms with Crippen LogP contribution in [0.15, 0.2) is 60.7 Å². The van der Waals surface area contributed by atoms with Gasteiger partial charge in [-0.15, -0.1) is 5.54 Å². The Hall–Kier alpha value is -2.63. The molecule has 0 aliphatic rings. The number of fused-ring (bicyclic) bond motifs is 1. The van der Waals surface area contributed by atoms with Crippen molar-refractivity contribution in [2.45, 2.75) is 58.2 Å². The van der Waals surface area contributed by atoms with Crippen LogP contribution < -0.4 is 0 Å². The van der Waals surface area contributed by atoms with Crippen molar-refractivity contribution in [2.24, 2.45) is 0 Å². The molecule has 0 fully saturated rings. The SMILES string of the molecule is CC(C)[Si](C#Cc1ccc2ccccc2c1-c1ccccc1C=O)(C(C)C)C(C)C. The third-order valence-corrected chi connectivity index (χ3v) is 12.9. The van der Waals surface area contributed by atoms with E-state index in [0.717, 1.165) is 28.4 Å². The maximum atomic E-state index is 11.8. The number of carbonyl (C=O) groups excluding carboxylic acids is 1. The summed E-state index contributed by atoms with van der Waals surface area (Å²) >= 11 is 0. The highest BCUT2D eigenvalue weighted by Crippen LogP contribution is 2.41. The minimum absolute atomic E-state index is 0.580. The monoisotopic (exact) mass is 412 g/mol. The summed E-state index contributed by atoms with van der Waals surface area (Å²) in [5.41, 5.74) is 9.35. The lowest BCUT2D eigenvalue weighted by atomic mass is 9.91. The Bertz CT molecular complexity index is 1090. The molecule has 0 atom stereocenters. The Morgan fingerprint density at radius 2 is 1.37 bits per heavy atom. The van der Waals surface area contributed by atoms with Gasteiger partial charge in [-0.1, -0.05) is 102 Å². The van der Waals surface area contributed by atoms with Crippen molar-refractivity contribution in [1.82, 2.24) is 0 Å². The third-order valence-electron chi connectivity index (χ3n) is 6.57. The van der Waals surface area contributed by atoms with Crippen molar-refractivity contribution in [3.8, 4) is 22.6 Å². The summed E-state index contributed by atoms with van der Waals surface area (Å²) in [6.07, 6.45) is 0.948. The summed E-state index contributed by atoms with van der Waals surface area (Å²) in [4.78, 5) is 11.8. The number of benzene rings is 3. The first-order valence-electron chi connectivity index (χ1n) is 10.9. The van der Waals surface area contributed by atoms with E-state index in [4.69, 9.17) is 0 Å². The molecule has 0 aromatic heterocycles. The molecule has 0 radical (unpaired) electrons. The number of rotatable bonds is 5. The maximum absolute atomic E-state index is 11.8. The number of carbonyl (C=O) groups is 1. The van der Waals surface area contributed by atoms with E-state index in [2.05, 4.69) is 89.4 Å². The topological polar surface area (TPSA) is 17.1 Å². The van der Waals surface area contributed by atoms with E-state index in [1.54, 1.807) is 0 Å². The minimum atomic E-state index is -1.85. The molecule has 0 saturated carbocycles. The van der Waals surface area contributed by atoms with Gasteiger partial charge >= 0.3 is 0 Å². The van der Waals surface area contributed by atoms with Crippen LogP contribution in [0.2, 0.25) is 16.6 Å². The molecule has 0 aliphatic carbocycles. The zero-order valence-corrected chi connectivity index (χ0v) is 20.0. The van der Waals surface area contributed by atoms with Gasteiger partial charge in [0.05, 0.1) is 0 Å². The fourth-order valence-corrected chi connectivity index (χ4v) is 10.3. The molecule has 0 amide bonds. The van der Waals surface area contributed by atoms with Gasteiger partial charge in [-0.2, -0.15) is 0 Å². The molecule has 3 aromatic carbocycles. The summed E-state index contributed by atoms with van der Waals surface area (Å²) < 4.78 is 0. The first kappa shape index (κ1) is 22.1. The lowest BCUT2D eigenvalue weighted by Gasteiger charge is -2.38. The van der Waals surface area contributed by atoms with Crippen molar-refractivity contribution >= 4 is 25.1 Å². The third kappa shape index (κ3) is 3.87. The summed E-state index contributed by atoms with van der Waals surface area (Å²) in [5.74, 6) is 3.64. The van der Waals surface area contributed by atoms with Gasteiger partial charge in [-0.3, -0.25) is 4.79 Å². The molecule has 0 heterocycles. The number of hydrogen-bond acceptors (Lipinski definition) is 1. The predicted molar refractivity (Wildman–Crippen MR) is 133 cm³/mol. The zero-order valence-electron chi connectivity index (χ0n) is 19.0. The number of hydrogen-bond donors (Lipinski definition) is 0.